The summed E-state index contributed by atoms with van der Waals surface area (Å²) in [6.45, 7) is 8.83. The Hall–Kier alpha value is -1.18. The number of benzene rings is 1. The van der Waals surface area contributed by atoms with E-state index < -0.39 is 0 Å². The van der Waals surface area contributed by atoms with E-state index in [4.69, 9.17) is 9.47 Å². The van der Waals surface area contributed by atoms with Crippen molar-refractivity contribution < 1.29 is 9.47 Å². The Morgan fingerprint density at radius 3 is 2.33 bits per heavy atom. The molecular formula is C18H32IN3O2. The molecule has 0 saturated carbocycles. The summed E-state index contributed by atoms with van der Waals surface area (Å²) in [6.07, 6.45) is 2.35. The number of aliphatic imine (C=N–C) groups is 1. The highest BCUT2D eigenvalue weighted by Gasteiger charge is 2.10. The molecule has 0 fully saturated rings. The number of ether oxygens (including phenoxy) is 2. The van der Waals surface area contributed by atoms with Gasteiger partial charge in [-0.25, -0.2) is 4.99 Å². The smallest absolute Gasteiger partial charge is 0.191 e. The molecule has 0 aromatic heterocycles. The summed E-state index contributed by atoms with van der Waals surface area (Å²) >= 11 is 0. The summed E-state index contributed by atoms with van der Waals surface area (Å²) in [5, 5.41) is 6.72. The molecule has 24 heavy (non-hydrogen) atoms. The average Bonchev–Trinajstić information content (AvgIpc) is 2.59. The van der Waals surface area contributed by atoms with E-state index in [0.717, 1.165) is 36.1 Å². The molecule has 0 amide bonds. The zero-order chi connectivity index (χ0) is 17.1. The van der Waals surface area contributed by atoms with Crippen LogP contribution in [0, 0.1) is 5.92 Å². The summed E-state index contributed by atoms with van der Waals surface area (Å²) in [7, 11) is 3.30. The first kappa shape index (κ1) is 22.8. The van der Waals surface area contributed by atoms with Gasteiger partial charge in [-0.05, 0) is 18.9 Å². The minimum Gasteiger partial charge on any atom is -0.493 e. The van der Waals surface area contributed by atoms with Crippen molar-refractivity contribution in [2.45, 2.75) is 40.2 Å². The molecule has 0 saturated heterocycles. The van der Waals surface area contributed by atoms with Crippen LogP contribution in [0.25, 0.3) is 0 Å². The van der Waals surface area contributed by atoms with Crippen LogP contribution >= 0.6 is 24.0 Å². The lowest BCUT2D eigenvalue weighted by molar-refractivity contribution is 0.352. The summed E-state index contributed by atoms with van der Waals surface area (Å²) in [5.41, 5.74) is 1.01. The van der Waals surface area contributed by atoms with Crippen molar-refractivity contribution >= 4 is 29.9 Å². The van der Waals surface area contributed by atoms with Crippen molar-refractivity contribution in [3.05, 3.63) is 23.8 Å². The first-order chi connectivity index (χ1) is 11.2. The SMILES string of the molecule is CCNC(=NCc1cccc(OC)c1OC)NCC(CC)CC.I. The van der Waals surface area contributed by atoms with Crippen LogP contribution in [0.15, 0.2) is 23.2 Å². The van der Waals surface area contributed by atoms with Crippen molar-refractivity contribution in [1.29, 1.82) is 0 Å². The van der Waals surface area contributed by atoms with Crippen LogP contribution in [0.2, 0.25) is 0 Å². The Morgan fingerprint density at radius 2 is 1.79 bits per heavy atom. The molecule has 0 atom stereocenters. The van der Waals surface area contributed by atoms with Gasteiger partial charge in [-0.3, -0.25) is 0 Å². The molecular weight excluding hydrogens is 417 g/mol. The minimum atomic E-state index is 0. The first-order valence-electron chi connectivity index (χ1n) is 8.42. The molecule has 138 valence electrons. The maximum absolute atomic E-state index is 5.46. The van der Waals surface area contributed by atoms with Gasteiger partial charge in [0.05, 0.1) is 20.8 Å². The van der Waals surface area contributed by atoms with Crippen molar-refractivity contribution in [2.75, 3.05) is 27.3 Å². The van der Waals surface area contributed by atoms with Crippen LogP contribution in [0.5, 0.6) is 11.5 Å². The predicted molar refractivity (Wildman–Crippen MR) is 112 cm³/mol. The van der Waals surface area contributed by atoms with Gasteiger partial charge in [-0.15, -0.1) is 24.0 Å². The summed E-state index contributed by atoms with van der Waals surface area (Å²) in [5.74, 6) is 2.99. The van der Waals surface area contributed by atoms with E-state index >= 15 is 0 Å². The van der Waals surface area contributed by atoms with Gasteiger partial charge in [0.25, 0.3) is 0 Å². The summed E-state index contributed by atoms with van der Waals surface area (Å²) in [4.78, 5) is 4.67. The summed E-state index contributed by atoms with van der Waals surface area (Å²) < 4.78 is 10.8. The van der Waals surface area contributed by atoms with E-state index in [0.29, 0.717) is 12.5 Å². The van der Waals surface area contributed by atoms with Crippen molar-refractivity contribution in [1.82, 2.24) is 10.6 Å². The van der Waals surface area contributed by atoms with Crippen molar-refractivity contribution in [2.24, 2.45) is 10.9 Å². The lowest BCUT2D eigenvalue weighted by Gasteiger charge is -2.17. The number of nitrogens with zero attached hydrogens (tertiary/aromatic N) is 1. The molecule has 0 aliphatic carbocycles. The molecule has 0 aliphatic heterocycles. The van der Waals surface area contributed by atoms with Gasteiger partial charge >= 0.3 is 0 Å². The van der Waals surface area contributed by atoms with Crippen molar-refractivity contribution in [3.63, 3.8) is 0 Å². The normalized spacial score (nSPS) is 11.0. The Morgan fingerprint density at radius 1 is 1.08 bits per heavy atom. The molecule has 1 aromatic carbocycles. The average molecular weight is 449 g/mol. The highest BCUT2D eigenvalue weighted by Crippen LogP contribution is 2.30. The number of guanidine groups is 1. The molecule has 0 heterocycles. The maximum Gasteiger partial charge on any atom is 0.191 e. The number of nitrogens with one attached hydrogen (secondary N) is 2. The Labute approximate surface area is 163 Å². The number of hydrogen-bond acceptors (Lipinski definition) is 3. The first-order valence-corrected chi connectivity index (χ1v) is 8.42. The molecule has 0 aliphatic rings. The molecule has 1 rings (SSSR count). The van der Waals surface area contributed by atoms with E-state index in [9.17, 15) is 0 Å². The van der Waals surface area contributed by atoms with Crippen molar-refractivity contribution in [3.8, 4) is 11.5 Å². The Kier molecular flexibility index (Phi) is 12.5. The van der Waals surface area contributed by atoms with Crippen LogP contribution in [-0.2, 0) is 6.54 Å². The topological polar surface area (TPSA) is 54.9 Å². The zero-order valence-electron chi connectivity index (χ0n) is 15.5. The fourth-order valence-corrected chi connectivity index (χ4v) is 2.40. The fraction of sp³-hybridized carbons (Fsp3) is 0.611. The lowest BCUT2D eigenvalue weighted by atomic mass is 10.0. The molecule has 5 nitrogen and oxygen atoms in total. The Bertz CT molecular complexity index is 491. The van der Waals surface area contributed by atoms with E-state index in [1.54, 1.807) is 14.2 Å². The molecule has 1 aromatic rings. The van der Waals surface area contributed by atoms with E-state index in [1.807, 2.05) is 18.2 Å². The maximum atomic E-state index is 5.46. The number of methoxy groups -OCH3 is 2. The van der Waals surface area contributed by atoms with Gasteiger partial charge in [0, 0.05) is 18.7 Å². The molecule has 2 N–H and O–H groups in total. The number of halogens is 1. The predicted octanol–water partition coefficient (Wildman–Crippen LogP) is 3.81. The number of hydrogen-bond donors (Lipinski definition) is 2. The van der Waals surface area contributed by atoms with Crippen LogP contribution in [0.1, 0.15) is 39.2 Å². The molecule has 0 radical (unpaired) electrons. The molecule has 0 bridgehead atoms. The largest absolute Gasteiger partial charge is 0.493 e. The second kappa shape index (κ2) is 13.1. The third-order valence-corrected chi connectivity index (χ3v) is 3.95. The van der Waals surface area contributed by atoms with Gasteiger partial charge in [-0.2, -0.15) is 0 Å². The van der Waals surface area contributed by atoms with Gasteiger partial charge in [-0.1, -0.05) is 38.8 Å². The monoisotopic (exact) mass is 449 g/mol. The second-order valence-corrected chi connectivity index (χ2v) is 5.41. The van der Waals surface area contributed by atoms with Gasteiger partial charge in [0.2, 0.25) is 0 Å². The van der Waals surface area contributed by atoms with Gasteiger partial charge < -0.3 is 20.1 Å². The van der Waals surface area contributed by atoms with Gasteiger partial charge in [0.1, 0.15) is 0 Å². The zero-order valence-corrected chi connectivity index (χ0v) is 17.8. The quantitative estimate of drug-likeness (QED) is 0.342. The van der Waals surface area contributed by atoms with Gasteiger partial charge in [0.15, 0.2) is 17.5 Å². The van der Waals surface area contributed by atoms with Crippen LogP contribution in [0.3, 0.4) is 0 Å². The number of para-hydroxylation sites is 1. The highest BCUT2D eigenvalue weighted by atomic mass is 127. The number of rotatable bonds is 9. The van der Waals surface area contributed by atoms with Crippen LogP contribution in [-0.4, -0.2) is 33.3 Å². The standard InChI is InChI=1S/C18H31N3O2.HI/c1-6-14(7-2)12-20-18(19-8-3)21-13-15-10-9-11-16(22-4)17(15)23-5;/h9-11,14H,6-8,12-13H2,1-5H3,(H2,19,20,21);1H. The van der Waals surface area contributed by atoms with Crippen LogP contribution < -0.4 is 20.1 Å². The van der Waals surface area contributed by atoms with E-state index in [2.05, 4.69) is 36.4 Å². The minimum absolute atomic E-state index is 0. The molecule has 0 unspecified atom stereocenters. The van der Waals surface area contributed by atoms with E-state index in [-0.39, 0.29) is 24.0 Å². The summed E-state index contributed by atoms with van der Waals surface area (Å²) in [6, 6.07) is 5.86. The second-order valence-electron chi connectivity index (χ2n) is 5.41. The highest BCUT2D eigenvalue weighted by molar-refractivity contribution is 14.0. The molecule has 6 heteroatoms. The lowest BCUT2D eigenvalue weighted by Crippen LogP contribution is -2.39. The van der Waals surface area contributed by atoms with Crippen LogP contribution in [0.4, 0.5) is 0 Å². The fourth-order valence-electron chi connectivity index (χ4n) is 2.40. The third-order valence-electron chi connectivity index (χ3n) is 3.95. The Balaban J connectivity index is 0.00000529. The third kappa shape index (κ3) is 7.15. The molecule has 0 spiro atoms. The van der Waals surface area contributed by atoms with E-state index in [1.165, 1.54) is 12.8 Å².